The summed E-state index contributed by atoms with van der Waals surface area (Å²) in [5.41, 5.74) is 1.96. The van der Waals surface area contributed by atoms with Crippen molar-refractivity contribution >= 4 is 40.3 Å². The third-order valence-electron chi connectivity index (χ3n) is 8.51. The Kier molecular flexibility index (Phi) is 9.86. The van der Waals surface area contributed by atoms with Gasteiger partial charge < -0.3 is 26.3 Å². The average molecular weight is 586 g/mol. The van der Waals surface area contributed by atoms with E-state index in [9.17, 15) is 24.0 Å². The Balaban J connectivity index is 1.32. The zero-order valence-electron chi connectivity index (χ0n) is 24.2. The first kappa shape index (κ1) is 30.0. The summed E-state index contributed by atoms with van der Waals surface area (Å²) in [5.74, 6) is -3.07. The number of amides is 4. The number of hydrogen-bond acceptors (Lipinski definition) is 5. The van der Waals surface area contributed by atoms with E-state index in [0.717, 1.165) is 48.6 Å². The van der Waals surface area contributed by atoms with Crippen LogP contribution in [-0.2, 0) is 25.7 Å². The maximum atomic E-state index is 13.8. The Morgan fingerprint density at radius 2 is 1.58 bits per heavy atom. The molecule has 5 N–H and O–H groups in total. The quantitative estimate of drug-likeness (QED) is 0.207. The highest BCUT2D eigenvalue weighted by Gasteiger charge is 2.35. The SMILES string of the molecule is O=C(NCc1ccccc1)C(=O)[C@H](C[C@@H]1CCCNC1=O)NC(=O)[C@H](CC1CCCC1)NC(=O)c1cc2ccccc2[nH]1. The van der Waals surface area contributed by atoms with Crippen molar-refractivity contribution in [3.05, 3.63) is 71.9 Å². The van der Waals surface area contributed by atoms with Crippen LogP contribution >= 0.6 is 0 Å². The van der Waals surface area contributed by atoms with Crippen LogP contribution < -0.4 is 21.3 Å². The van der Waals surface area contributed by atoms with Crippen molar-refractivity contribution < 1.29 is 24.0 Å². The third kappa shape index (κ3) is 7.88. The lowest BCUT2D eigenvalue weighted by atomic mass is 9.89. The van der Waals surface area contributed by atoms with E-state index in [1.54, 1.807) is 6.07 Å². The van der Waals surface area contributed by atoms with Crippen molar-refractivity contribution in [1.82, 2.24) is 26.3 Å². The molecule has 1 saturated carbocycles. The Morgan fingerprint density at radius 3 is 2.33 bits per heavy atom. The van der Waals surface area contributed by atoms with Gasteiger partial charge in [0, 0.05) is 29.9 Å². The monoisotopic (exact) mass is 585 g/mol. The summed E-state index contributed by atoms with van der Waals surface area (Å²) in [5, 5.41) is 12.0. The number of para-hydroxylation sites is 1. The lowest BCUT2D eigenvalue weighted by Gasteiger charge is -2.28. The van der Waals surface area contributed by atoms with E-state index in [-0.39, 0.29) is 24.8 Å². The van der Waals surface area contributed by atoms with E-state index in [1.165, 1.54) is 0 Å². The lowest BCUT2D eigenvalue weighted by Crippen LogP contribution is -2.55. The molecule has 10 heteroatoms. The second kappa shape index (κ2) is 14.1. The number of fused-ring (bicyclic) bond motifs is 1. The van der Waals surface area contributed by atoms with E-state index < -0.39 is 41.5 Å². The van der Waals surface area contributed by atoms with Gasteiger partial charge in [0.15, 0.2) is 0 Å². The maximum Gasteiger partial charge on any atom is 0.289 e. The number of hydrogen-bond donors (Lipinski definition) is 5. The molecule has 5 rings (SSSR count). The van der Waals surface area contributed by atoms with E-state index >= 15 is 0 Å². The highest BCUT2D eigenvalue weighted by molar-refractivity contribution is 6.38. The molecule has 3 atom stereocenters. The van der Waals surface area contributed by atoms with Gasteiger partial charge in [-0.1, -0.05) is 74.2 Å². The van der Waals surface area contributed by atoms with Gasteiger partial charge in [0.05, 0.1) is 6.04 Å². The summed E-state index contributed by atoms with van der Waals surface area (Å²) in [6.45, 7) is 0.710. The van der Waals surface area contributed by atoms with Crippen LogP contribution in [0.25, 0.3) is 10.9 Å². The molecule has 1 aliphatic carbocycles. The largest absolute Gasteiger partial charge is 0.356 e. The van der Waals surface area contributed by atoms with Crippen molar-refractivity contribution in [3.63, 3.8) is 0 Å². The topological polar surface area (TPSA) is 149 Å². The first-order valence-corrected chi connectivity index (χ1v) is 15.2. The smallest absolute Gasteiger partial charge is 0.289 e. The van der Waals surface area contributed by atoms with Crippen LogP contribution in [-0.4, -0.2) is 53.0 Å². The molecule has 2 aliphatic rings. The Labute approximate surface area is 250 Å². The summed E-state index contributed by atoms with van der Waals surface area (Å²) < 4.78 is 0. The molecule has 1 aliphatic heterocycles. The zero-order valence-corrected chi connectivity index (χ0v) is 24.2. The summed E-state index contributed by atoms with van der Waals surface area (Å²) in [7, 11) is 0. The van der Waals surface area contributed by atoms with Crippen molar-refractivity contribution in [2.24, 2.45) is 11.8 Å². The molecule has 1 aromatic heterocycles. The van der Waals surface area contributed by atoms with Crippen LogP contribution in [0, 0.1) is 11.8 Å². The van der Waals surface area contributed by atoms with Crippen molar-refractivity contribution in [2.45, 2.75) is 70.0 Å². The molecule has 226 valence electrons. The fraction of sp³-hybridized carbons (Fsp3) is 0.424. The fourth-order valence-corrected chi connectivity index (χ4v) is 6.11. The van der Waals surface area contributed by atoms with Crippen molar-refractivity contribution in [3.8, 4) is 0 Å². The molecule has 0 unspecified atom stereocenters. The predicted octanol–water partition coefficient (Wildman–Crippen LogP) is 3.13. The van der Waals surface area contributed by atoms with Crippen LogP contribution in [0.2, 0.25) is 0 Å². The highest BCUT2D eigenvalue weighted by Crippen LogP contribution is 2.29. The second-order valence-corrected chi connectivity index (χ2v) is 11.6. The van der Waals surface area contributed by atoms with Crippen LogP contribution in [0.3, 0.4) is 0 Å². The van der Waals surface area contributed by atoms with Crippen molar-refractivity contribution in [1.29, 1.82) is 0 Å². The van der Waals surface area contributed by atoms with Gasteiger partial charge >= 0.3 is 0 Å². The fourth-order valence-electron chi connectivity index (χ4n) is 6.11. The van der Waals surface area contributed by atoms with Gasteiger partial charge in [-0.2, -0.15) is 0 Å². The standard InChI is InChI=1S/C33H39N5O5/c39-29(33(43)35-20-22-11-2-1-3-12-22)26(19-24-14-8-16-34-30(24)40)37-31(41)27(17-21-9-4-5-10-21)38-32(42)28-18-23-13-6-7-15-25(23)36-28/h1-3,6-7,11-13,15,18,21,24,26-27,36H,4-5,8-10,14,16-17,19-20H2,(H,34,40)(H,35,43)(H,37,41)(H,38,42)/t24-,26-,27-/m0/s1. The van der Waals surface area contributed by atoms with E-state index in [2.05, 4.69) is 26.3 Å². The number of benzene rings is 2. The van der Waals surface area contributed by atoms with Crippen LogP contribution in [0.1, 0.15) is 67.4 Å². The molecule has 2 aromatic carbocycles. The van der Waals surface area contributed by atoms with Crippen LogP contribution in [0.5, 0.6) is 0 Å². The summed E-state index contributed by atoms with van der Waals surface area (Å²) in [6.07, 6.45) is 5.76. The number of Topliss-reactive ketones (excluding diaryl/α,β-unsaturated/α-hetero) is 1. The normalized spacial score (nSPS) is 18.4. The molecule has 0 spiro atoms. The minimum Gasteiger partial charge on any atom is -0.356 e. The Morgan fingerprint density at radius 1 is 0.837 bits per heavy atom. The van der Waals surface area contributed by atoms with E-state index in [1.807, 2.05) is 54.6 Å². The van der Waals surface area contributed by atoms with E-state index in [0.29, 0.717) is 25.1 Å². The first-order valence-electron chi connectivity index (χ1n) is 15.2. The Hall–Kier alpha value is -4.47. The van der Waals surface area contributed by atoms with Gasteiger partial charge in [0.1, 0.15) is 11.7 Å². The number of piperidine rings is 1. The molecule has 43 heavy (non-hydrogen) atoms. The molecule has 3 aromatic rings. The average Bonchev–Trinajstić information content (AvgIpc) is 3.70. The zero-order chi connectivity index (χ0) is 30.2. The number of rotatable bonds is 12. The molecule has 2 fully saturated rings. The number of nitrogens with one attached hydrogen (secondary N) is 5. The first-order chi connectivity index (χ1) is 20.9. The molecule has 0 radical (unpaired) electrons. The Bertz CT molecular complexity index is 1430. The highest BCUT2D eigenvalue weighted by atomic mass is 16.2. The predicted molar refractivity (Wildman–Crippen MR) is 162 cm³/mol. The summed E-state index contributed by atoms with van der Waals surface area (Å²) >= 11 is 0. The number of aromatic amines is 1. The van der Waals surface area contributed by atoms with Crippen LogP contribution in [0.4, 0.5) is 0 Å². The number of carbonyl (C=O) groups is 5. The number of carbonyl (C=O) groups excluding carboxylic acids is 5. The van der Waals surface area contributed by atoms with Gasteiger partial charge in [-0.05, 0) is 49.3 Å². The molecular weight excluding hydrogens is 546 g/mol. The molecule has 0 bridgehead atoms. The summed E-state index contributed by atoms with van der Waals surface area (Å²) in [4.78, 5) is 69.2. The van der Waals surface area contributed by atoms with Gasteiger partial charge in [0.25, 0.3) is 11.8 Å². The van der Waals surface area contributed by atoms with Gasteiger partial charge in [-0.25, -0.2) is 0 Å². The molecule has 2 heterocycles. The van der Waals surface area contributed by atoms with Crippen molar-refractivity contribution in [2.75, 3.05) is 6.54 Å². The van der Waals surface area contributed by atoms with E-state index in [4.69, 9.17) is 0 Å². The number of aromatic nitrogens is 1. The third-order valence-corrected chi connectivity index (χ3v) is 8.51. The van der Waals surface area contributed by atoms with Gasteiger partial charge in [0.2, 0.25) is 17.6 Å². The van der Waals surface area contributed by atoms with Crippen LogP contribution in [0.15, 0.2) is 60.7 Å². The summed E-state index contributed by atoms with van der Waals surface area (Å²) in [6, 6.07) is 16.3. The minimum atomic E-state index is -1.21. The number of ketones is 1. The van der Waals surface area contributed by atoms with Gasteiger partial charge in [-0.15, -0.1) is 0 Å². The molecular formula is C33H39N5O5. The minimum absolute atomic E-state index is 0.00127. The lowest BCUT2D eigenvalue weighted by molar-refractivity contribution is -0.141. The molecule has 1 saturated heterocycles. The number of H-pyrrole nitrogens is 1. The second-order valence-electron chi connectivity index (χ2n) is 11.6. The maximum absolute atomic E-state index is 13.8. The molecule has 10 nitrogen and oxygen atoms in total. The van der Waals surface area contributed by atoms with Gasteiger partial charge in [-0.3, -0.25) is 24.0 Å². The molecule has 4 amide bonds.